The number of fused-ring (bicyclic) bond motifs is 1. The number of allylic oxidation sites excluding steroid dienone is 1. The number of hydrogen-bond acceptors (Lipinski definition) is 4. The molecule has 124 valence electrons. The van der Waals surface area contributed by atoms with E-state index in [1.165, 1.54) is 6.08 Å². The van der Waals surface area contributed by atoms with E-state index in [0.29, 0.717) is 22.1 Å². The topological polar surface area (TPSA) is 53.4 Å². The molecular formula is C19H13ClN2O3. The molecule has 1 aromatic heterocycles. The molecule has 3 aromatic rings. The molecular weight excluding hydrogens is 340 g/mol. The van der Waals surface area contributed by atoms with Crippen molar-refractivity contribution in [2.45, 2.75) is 0 Å². The molecule has 0 aliphatic carbocycles. The normalized spacial score (nSPS) is 12.7. The minimum Gasteiger partial charge on any atom is -0.454 e. The van der Waals surface area contributed by atoms with E-state index < -0.39 is 0 Å². The minimum atomic E-state index is -0.0965. The summed E-state index contributed by atoms with van der Waals surface area (Å²) in [4.78, 5) is 12.3. The predicted octanol–water partition coefficient (Wildman–Crippen LogP) is 4.15. The average Bonchev–Trinajstić information content (AvgIpc) is 3.31. The van der Waals surface area contributed by atoms with Gasteiger partial charge in [-0.05, 0) is 54.1 Å². The molecule has 0 fully saturated rings. The number of aromatic nitrogens is 2. The highest BCUT2D eigenvalue weighted by Gasteiger charge is 2.17. The van der Waals surface area contributed by atoms with Crippen LogP contribution in [0.15, 0.2) is 60.9 Å². The Balaban J connectivity index is 1.52. The molecule has 4 rings (SSSR count). The number of rotatable bonds is 4. The van der Waals surface area contributed by atoms with E-state index in [4.69, 9.17) is 21.1 Å². The molecule has 1 aliphatic rings. The third kappa shape index (κ3) is 3.14. The molecule has 0 saturated carbocycles. The van der Waals surface area contributed by atoms with Crippen LogP contribution < -0.4 is 9.47 Å². The Labute approximate surface area is 149 Å². The van der Waals surface area contributed by atoms with E-state index in [2.05, 4.69) is 5.10 Å². The maximum absolute atomic E-state index is 12.3. The smallest absolute Gasteiger partial charge is 0.231 e. The number of benzene rings is 2. The zero-order valence-corrected chi connectivity index (χ0v) is 13.8. The van der Waals surface area contributed by atoms with Gasteiger partial charge in [0.2, 0.25) is 6.79 Å². The van der Waals surface area contributed by atoms with Crippen LogP contribution >= 0.6 is 11.6 Å². The molecule has 0 saturated heterocycles. The molecule has 5 nitrogen and oxygen atoms in total. The number of hydrogen-bond donors (Lipinski definition) is 0. The summed E-state index contributed by atoms with van der Waals surface area (Å²) >= 11 is 6.14. The van der Waals surface area contributed by atoms with Gasteiger partial charge in [0.15, 0.2) is 17.3 Å². The standard InChI is InChI=1S/C19H13ClN2O3/c20-16-10-13(11-18-19(16)25-12-24-18)2-7-17(23)14-3-5-15(6-4-14)22-9-1-8-21-22/h1-11H,12H2. The lowest BCUT2D eigenvalue weighted by Crippen LogP contribution is -1.97. The summed E-state index contributed by atoms with van der Waals surface area (Å²) in [5.74, 6) is 1.03. The van der Waals surface area contributed by atoms with Gasteiger partial charge in [-0.2, -0.15) is 5.10 Å². The highest BCUT2D eigenvalue weighted by molar-refractivity contribution is 6.32. The van der Waals surface area contributed by atoms with Gasteiger partial charge in [0.1, 0.15) is 0 Å². The Morgan fingerprint density at radius 2 is 2.04 bits per heavy atom. The van der Waals surface area contributed by atoms with Crippen molar-refractivity contribution >= 4 is 23.5 Å². The van der Waals surface area contributed by atoms with Gasteiger partial charge in [0.05, 0.1) is 10.7 Å². The van der Waals surface area contributed by atoms with Gasteiger partial charge in [0.25, 0.3) is 0 Å². The summed E-state index contributed by atoms with van der Waals surface area (Å²) in [6, 6.07) is 12.6. The second-order valence-electron chi connectivity index (χ2n) is 5.43. The number of ether oxygens (including phenoxy) is 2. The number of ketones is 1. The van der Waals surface area contributed by atoms with Crippen LogP contribution in [0.3, 0.4) is 0 Å². The Morgan fingerprint density at radius 1 is 1.20 bits per heavy atom. The van der Waals surface area contributed by atoms with Crippen molar-refractivity contribution in [1.82, 2.24) is 9.78 Å². The van der Waals surface area contributed by atoms with E-state index >= 15 is 0 Å². The van der Waals surface area contributed by atoms with Crippen LogP contribution in [0.5, 0.6) is 11.5 Å². The van der Waals surface area contributed by atoms with E-state index in [1.807, 2.05) is 24.4 Å². The maximum Gasteiger partial charge on any atom is 0.231 e. The number of halogens is 1. The first-order valence-electron chi connectivity index (χ1n) is 7.62. The summed E-state index contributed by atoms with van der Waals surface area (Å²) < 4.78 is 12.3. The summed E-state index contributed by atoms with van der Waals surface area (Å²) in [6.07, 6.45) is 6.77. The summed E-state index contributed by atoms with van der Waals surface area (Å²) in [5.41, 5.74) is 2.27. The van der Waals surface area contributed by atoms with Crippen molar-refractivity contribution in [2.75, 3.05) is 6.79 Å². The molecule has 2 aromatic carbocycles. The van der Waals surface area contributed by atoms with Crippen LogP contribution in [0.4, 0.5) is 0 Å². The monoisotopic (exact) mass is 352 g/mol. The Hall–Kier alpha value is -3.05. The van der Waals surface area contributed by atoms with Gasteiger partial charge in [-0.3, -0.25) is 4.79 Å². The Morgan fingerprint density at radius 3 is 2.80 bits per heavy atom. The molecule has 0 atom stereocenters. The third-order valence-electron chi connectivity index (χ3n) is 3.80. The summed E-state index contributed by atoms with van der Waals surface area (Å²) in [6.45, 7) is 0.157. The van der Waals surface area contributed by atoms with Crippen molar-refractivity contribution in [3.05, 3.63) is 77.1 Å². The molecule has 0 bridgehead atoms. The lowest BCUT2D eigenvalue weighted by Gasteiger charge is -2.03. The highest BCUT2D eigenvalue weighted by atomic mass is 35.5. The molecule has 25 heavy (non-hydrogen) atoms. The first-order valence-corrected chi connectivity index (χ1v) is 8.00. The maximum atomic E-state index is 12.3. The first-order chi connectivity index (χ1) is 12.2. The fraction of sp³-hybridized carbons (Fsp3) is 0.0526. The molecule has 1 aliphatic heterocycles. The summed E-state index contributed by atoms with van der Waals surface area (Å²) in [7, 11) is 0. The van der Waals surface area contributed by atoms with E-state index in [1.54, 1.807) is 41.2 Å². The zero-order valence-electron chi connectivity index (χ0n) is 13.1. The second kappa shape index (κ2) is 6.45. The van der Waals surface area contributed by atoms with E-state index in [-0.39, 0.29) is 12.6 Å². The van der Waals surface area contributed by atoms with Crippen LogP contribution in [-0.2, 0) is 0 Å². The van der Waals surface area contributed by atoms with Gasteiger partial charge < -0.3 is 9.47 Å². The molecule has 0 amide bonds. The zero-order chi connectivity index (χ0) is 17.2. The van der Waals surface area contributed by atoms with Crippen molar-refractivity contribution in [2.24, 2.45) is 0 Å². The predicted molar refractivity (Wildman–Crippen MR) is 94.5 cm³/mol. The average molecular weight is 353 g/mol. The van der Waals surface area contributed by atoms with Crippen LogP contribution in [0.2, 0.25) is 5.02 Å². The van der Waals surface area contributed by atoms with Crippen LogP contribution in [0, 0.1) is 0 Å². The van der Waals surface area contributed by atoms with Crippen LogP contribution in [0.25, 0.3) is 11.8 Å². The van der Waals surface area contributed by atoms with E-state index in [9.17, 15) is 4.79 Å². The summed E-state index contributed by atoms with van der Waals surface area (Å²) in [5, 5.41) is 4.62. The fourth-order valence-electron chi connectivity index (χ4n) is 2.55. The van der Waals surface area contributed by atoms with Crippen molar-refractivity contribution in [1.29, 1.82) is 0 Å². The van der Waals surface area contributed by atoms with Gasteiger partial charge in [-0.1, -0.05) is 17.7 Å². The SMILES string of the molecule is O=C(C=Cc1cc(Cl)c2c(c1)OCO2)c1ccc(-n2cccn2)cc1. The molecule has 0 spiro atoms. The van der Waals surface area contributed by atoms with Gasteiger partial charge in [-0.25, -0.2) is 4.68 Å². The molecule has 0 unspecified atom stereocenters. The number of carbonyl (C=O) groups is 1. The second-order valence-corrected chi connectivity index (χ2v) is 5.84. The quantitative estimate of drug-likeness (QED) is 0.523. The van der Waals surface area contributed by atoms with E-state index in [0.717, 1.165) is 11.3 Å². The molecule has 2 heterocycles. The fourth-order valence-corrected chi connectivity index (χ4v) is 2.83. The molecule has 0 N–H and O–H groups in total. The van der Waals surface area contributed by atoms with Gasteiger partial charge >= 0.3 is 0 Å². The van der Waals surface area contributed by atoms with Crippen LogP contribution in [-0.4, -0.2) is 22.4 Å². The van der Waals surface area contributed by atoms with Crippen molar-refractivity contribution in [3.8, 4) is 17.2 Å². The Kier molecular flexibility index (Phi) is 3.99. The molecule has 6 heteroatoms. The van der Waals surface area contributed by atoms with Crippen molar-refractivity contribution < 1.29 is 14.3 Å². The van der Waals surface area contributed by atoms with Crippen molar-refractivity contribution in [3.63, 3.8) is 0 Å². The molecule has 0 radical (unpaired) electrons. The lowest BCUT2D eigenvalue weighted by atomic mass is 10.1. The number of nitrogens with zero attached hydrogens (tertiary/aromatic N) is 2. The van der Waals surface area contributed by atoms with Crippen LogP contribution in [0.1, 0.15) is 15.9 Å². The minimum absolute atomic E-state index is 0.0965. The highest BCUT2D eigenvalue weighted by Crippen LogP contribution is 2.40. The lowest BCUT2D eigenvalue weighted by molar-refractivity contribution is 0.104. The Bertz CT molecular complexity index is 948. The largest absolute Gasteiger partial charge is 0.454 e. The first kappa shape index (κ1) is 15.5. The third-order valence-corrected chi connectivity index (χ3v) is 4.08. The van der Waals surface area contributed by atoms with Gasteiger partial charge in [-0.15, -0.1) is 0 Å². The number of carbonyl (C=O) groups excluding carboxylic acids is 1. The van der Waals surface area contributed by atoms with Gasteiger partial charge in [0, 0.05) is 18.0 Å².